The van der Waals surface area contributed by atoms with Gasteiger partial charge < -0.3 is 4.90 Å². The molecule has 2 heteroatoms. The molecule has 0 aliphatic heterocycles. The van der Waals surface area contributed by atoms with Gasteiger partial charge in [-0.3, -0.25) is 4.79 Å². The summed E-state index contributed by atoms with van der Waals surface area (Å²) in [5.41, 5.74) is 12.0. The first kappa shape index (κ1) is 30.3. The van der Waals surface area contributed by atoms with E-state index in [1.54, 1.807) is 0 Å². The van der Waals surface area contributed by atoms with Gasteiger partial charge in [0.05, 0.1) is 5.69 Å². The van der Waals surface area contributed by atoms with Crippen LogP contribution in [0.1, 0.15) is 21.5 Å². The first-order chi connectivity index (χ1) is 25.1. The third-order valence-electron chi connectivity index (χ3n) is 9.90. The maximum atomic E-state index is 13.6. The molecule has 0 radical (unpaired) electrons. The van der Waals surface area contributed by atoms with E-state index in [9.17, 15) is 4.79 Å². The van der Waals surface area contributed by atoms with E-state index in [0.29, 0.717) is 5.57 Å². The predicted octanol–water partition coefficient (Wildman–Crippen LogP) is 13.1. The second kappa shape index (κ2) is 12.6. The van der Waals surface area contributed by atoms with E-state index >= 15 is 0 Å². The Kier molecular flexibility index (Phi) is 7.48. The summed E-state index contributed by atoms with van der Waals surface area (Å²) < 4.78 is 0. The Hall–Kier alpha value is -6.77. The normalized spacial score (nSPS) is 13.2. The zero-order valence-electron chi connectivity index (χ0n) is 28.0. The van der Waals surface area contributed by atoms with Crippen LogP contribution in [0.3, 0.4) is 0 Å². The predicted molar refractivity (Wildman–Crippen MR) is 215 cm³/mol. The average molecular weight is 652 g/mol. The highest BCUT2D eigenvalue weighted by Crippen LogP contribution is 2.43. The number of benzene rings is 8. The molecule has 0 saturated carbocycles. The van der Waals surface area contributed by atoms with Crippen LogP contribution in [0.2, 0.25) is 0 Å². The Morgan fingerprint density at radius 2 is 0.980 bits per heavy atom. The fraction of sp³-hybridized carbons (Fsp3) is 0. The number of nitrogens with zero attached hydrogens (tertiary/aromatic N) is 1. The second-order valence-corrected chi connectivity index (χ2v) is 13.0. The molecule has 0 heterocycles. The lowest BCUT2D eigenvalue weighted by atomic mass is 9.99. The molecule has 0 atom stereocenters. The van der Waals surface area contributed by atoms with E-state index in [1.165, 1.54) is 11.1 Å². The van der Waals surface area contributed by atoms with Gasteiger partial charge >= 0.3 is 0 Å². The quantitative estimate of drug-likeness (QED) is 0.167. The van der Waals surface area contributed by atoms with Crippen molar-refractivity contribution in [3.8, 4) is 22.3 Å². The highest BCUT2D eigenvalue weighted by Gasteiger charge is 2.29. The molecule has 1 aliphatic rings. The fourth-order valence-corrected chi connectivity index (χ4v) is 7.30. The number of rotatable bonds is 6. The van der Waals surface area contributed by atoms with E-state index in [2.05, 4.69) is 163 Å². The van der Waals surface area contributed by atoms with Crippen molar-refractivity contribution in [2.45, 2.75) is 0 Å². The first-order valence-corrected chi connectivity index (χ1v) is 17.2. The Morgan fingerprint density at radius 3 is 1.73 bits per heavy atom. The number of para-hydroxylation sites is 1. The third kappa shape index (κ3) is 5.53. The Morgan fingerprint density at radius 1 is 0.431 bits per heavy atom. The van der Waals surface area contributed by atoms with E-state index < -0.39 is 0 Å². The van der Waals surface area contributed by atoms with Gasteiger partial charge in [-0.15, -0.1) is 0 Å². The highest BCUT2D eigenvalue weighted by molar-refractivity contribution is 6.29. The van der Waals surface area contributed by atoms with Crippen LogP contribution < -0.4 is 4.90 Å². The van der Waals surface area contributed by atoms with Gasteiger partial charge in [-0.2, -0.15) is 0 Å². The number of anilines is 3. The van der Waals surface area contributed by atoms with Crippen LogP contribution in [0.25, 0.3) is 55.4 Å². The number of fused-ring (bicyclic) bond motifs is 3. The molecule has 240 valence electrons. The van der Waals surface area contributed by atoms with Crippen molar-refractivity contribution in [2.75, 3.05) is 4.90 Å². The van der Waals surface area contributed by atoms with Gasteiger partial charge in [-0.1, -0.05) is 140 Å². The largest absolute Gasteiger partial charge is 0.310 e. The summed E-state index contributed by atoms with van der Waals surface area (Å²) in [5.74, 6) is 0.0298. The van der Waals surface area contributed by atoms with Crippen LogP contribution in [-0.2, 0) is 0 Å². The van der Waals surface area contributed by atoms with E-state index in [1.807, 2.05) is 36.4 Å². The van der Waals surface area contributed by atoms with Gasteiger partial charge in [-0.05, 0) is 110 Å². The standard InChI is InChI=1S/C49H33NO/c1-33-45-31-38-16-8-9-17-39(38)32-47(45)49(51)46(33)29-34-20-21-41-30-43(27-24-40(41)28-34)50(42-25-22-36(23-26-42)35-12-4-2-5-13-35)48-19-11-10-18-44(48)37-14-6-3-7-15-37/h2-32H,1H2/b46-29-. The lowest BCUT2D eigenvalue weighted by molar-refractivity contribution is 0.104. The number of hydrogen-bond donors (Lipinski definition) is 0. The number of carbonyl (C=O) groups excluding carboxylic acids is 1. The molecule has 0 fully saturated rings. The molecule has 0 saturated heterocycles. The average Bonchev–Trinajstić information content (AvgIpc) is 3.42. The van der Waals surface area contributed by atoms with Crippen LogP contribution in [0.15, 0.2) is 194 Å². The van der Waals surface area contributed by atoms with Gasteiger partial charge in [0.1, 0.15) is 0 Å². The third-order valence-corrected chi connectivity index (χ3v) is 9.90. The van der Waals surface area contributed by atoms with Crippen molar-refractivity contribution in [1.29, 1.82) is 0 Å². The van der Waals surface area contributed by atoms with Crippen molar-refractivity contribution in [3.63, 3.8) is 0 Å². The molecule has 0 amide bonds. The van der Waals surface area contributed by atoms with E-state index in [0.717, 1.165) is 72.0 Å². The van der Waals surface area contributed by atoms with Crippen LogP contribution in [0.5, 0.6) is 0 Å². The van der Waals surface area contributed by atoms with Gasteiger partial charge in [0.25, 0.3) is 0 Å². The van der Waals surface area contributed by atoms with Crippen LogP contribution in [0.4, 0.5) is 17.1 Å². The summed E-state index contributed by atoms with van der Waals surface area (Å²) >= 11 is 0. The smallest absolute Gasteiger partial charge is 0.194 e. The Bertz CT molecular complexity index is 2590. The van der Waals surface area contributed by atoms with Crippen molar-refractivity contribution in [1.82, 2.24) is 0 Å². The molecule has 2 nitrogen and oxygen atoms in total. The summed E-state index contributed by atoms with van der Waals surface area (Å²) in [6, 6.07) is 63.7. The molecule has 0 aromatic heterocycles. The Labute approximate surface area is 297 Å². The lowest BCUT2D eigenvalue weighted by Crippen LogP contribution is -2.11. The maximum Gasteiger partial charge on any atom is 0.194 e. The summed E-state index contributed by atoms with van der Waals surface area (Å²) in [4.78, 5) is 15.9. The molecule has 8 aromatic carbocycles. The van der Waals surface area contributed by atoms with Gasteiger partial charge in [0.15, 0.2) is 5.78 Å². The van der Waals surface area contributed by atoms with Crippen molar-refractivity contribution < 1.29 is 4.79 Å². The van der Waals surface area contributed by atoms with Crippen LogP contribution in [-0.4, -0.2) is 5.78 Å². The number of hydrogen-bond acceptors (Lipinski definition) is 2. The Balaban J connectivity index is 1.11. The molecular formula is C49H33NO. The number of Topliss-reactive ketones (excluding diaryl/α,β-unsaturated/α-hetero) is 1. The SMILES string of the molecule is C=C1/C(=C/c2ccc3cc(N(c4ccc(-c5ccccc5)cc4)c4ccccc4-c4ccccc4)ccc3c2)C(=O)c2cc3ccccc3cc21. The monoisotopic (exact) mass is 651 g/mol. The number of ketones is 1. The molecule has 0 spiro atoms. The molecule has 0 N–H and O–H groups in total. The van der Waals surface area contributed by atoms with E-state index in [4.69, 9.17) is 0 Å². The fourth-order valence-electron chi connectivity index (χ4n) is 7.30. The topological polar surface area (TPSA) is 20.3 Å². The van der Waals surface area contributed by atoms with Gasteiger partial charge in [0.2, 0.25) is 0 Å². The van der Waals surface area contributed by atoms with Crippen LogP contribution >= 0.6 is 0 Å². The molecule has 1 aliphatic carbocycles. The van der Waals surface area contributed by atoms with Gasteiger partial charge in [0, 0.05) is 28.1 Å². The molecule has 0 bridgehead atoms. The van der Waals surface area contributed by atoms with E-state index in [-0.39, 0.29) is 5.78 Å². The molecule has 8 aromatic rings. The lowest BCUT2D eigenvalue weighted by Gasteiger charge is -2.28. The number of carbonyl (C=O) groups is 1. The van der Waals surface area contributed by atoms with Crippen molar-refractivity contribution in [3.05, 3.63) is 211 Å². The maximum absolute atomic E-state index is 13.6. The summed E-state index contributed by atoms with van der Waals surface area (Å²) in [6.07, 6.45) is 1.99. The molecule has 9 rings (SSSR count). The molecule has 51 heavy (non-hydrogen) atoms. The van der Waals surface area contributed by atoms with Crippen molar-refractivity contribution >= 4 is 56.0 Å². The zero-order valence-corrected chi connectivity index (χ0v) is 28.0. The van der Waals surface area contributed by atoms with Crippen molar-refractivity contribution in [2.24, 2.45) is 0 Å². The molecular weight excluding hydrogens is 619 g/mol. The van der Waals surface area contributed by atoms with Crippen LogP contribution in [0, 0.1) is 0 Å². The van der Waals surface area contributed by atoms with Gasteiger partial charge in [-0.25, -0.2) is 0 Å². The summed E-state index contributed by atoms with van der Waals surface area (Å²) in [6.45, 7) is 4.34. The summed E-state index contributed by atoms with van der Waals surface area (Å²) in [7, 11) is 0. The second-order valence-electron chi connectivity index (χ2n) is 13.0. The summed E-state index contributed by atoms with van der Waals surface area (Å²) in [5, 5.41) is 4.39. The minimum Gasteiger partial charge on any atom is -0.310 e. The molecule has 0 unspecified atom stereocenters. The zero-order chi connectivity index (χ0) is 34.3. The minimum atomic E-state index is 0.0298. The highest BCUT2D eigenvalue weighted by atomic mass is 16.1. The number of allylic oxidation sites excluding steroid dienone is 2. The minimum absolute atomic E-state index is 0.0298. The first-order valence-electron chi connectivity index (χ1n) is 17.2.